The van der Waals surface area contributed by atoms with E-state index < -0.39 is 10.4 Å². The smallest absolute Gasteiger partial charge is 0.393 e. The normalized spacial score (nSPS) is 34.8. The number of hydrogen-bond donors (Lipinski definition) is 2. The van der Waals surface area contributed by atoms with Crippen LogP contribution in [0.25, 0.3) is 0 Å². The Balaban J connectivity index is 1.67. The van der Waals surface area contributed by atoms with Gasteiger partial charge in [0.05, 0.1) is 6.10 Å². The molecule has 2 fully saturated rings. The second-order valence-electron chi connectivity index (χ2n) is 7.52. The van der Waals surface area contributed by atoms with Gasteiger partial charge in [0.2, 0.25) is 0 Å². The van der Waals surface area contributed by atoms with Gasteiger partial charge in [0.1, 0.15) is 5.75 Å². The van der Waals surface area contributed by atoms with E-state index in [2.05, 4.69) is 17.2 Å². The molecule has 0 aromatic heterocycles. The molecule has 0 heterocycles. The largest absolute Gasteiger partial charge is 0.446 e. The number of aliphatic hydroxyl groups is 1. The molecule has 24 heavy (non-hydrogen) atoms. The quantitative estimate of drug-likeness (QED) is 0.633. The monoisotopic (exact) mass is 350 g/mol. The Labute approximate surface area is 142 Å². The van der Waals surface area contributed by atoms with Crippen LogP contribution in [0.3, 0.4) is 0 Å². The maximum atomic E-state index is 10.9. The summed E-state index contributed by atoms with van der Waals surface area (Å²) in [6.07, 6.45) is 6.69. The maximum Gasteiger partial charge on any atom is 0.446 e. The highest BCUT2D eigenvalue weighted by atomic mass is 32.3. The van der Waals surface area contributed by atoms with Crippen molar-refractivity contribution in [2.24, 2.45) is 11.3 Å². The molecular weight excluding hydrogens is 328 g/mol. The molecule has 2 N–H and O–H groups in total. The molecule has 1 aromatic rings. The lowest BCUT2D eigenvalue weighted by molar-refractivity contribution is 0.0267. The number of allylic oxidation sites excluding steroid dienone is 2. The van der Waals surface area contributed by atoms with Crippen molar-refractivity contribution >= 4 is 10.4 Å². The zero-order chi connectivity index (χ0) is 17.1. The van der Waals surface area contributed by atoms with Gasteiger partial charge in [0.25, 0.3) is 0 Å². The molecule has 6 heteroatoms. The fourth-order valence-corrected chi connectivity index (χ4v) is 5.44. The first-order chi connectivity index (χ1) is 11.3. The minimum atomic E-state index is -4.50. The van der Waals surface area contributed by atoms with Crippen molar-refractivity contribution < 1.29 is 22.3 Å². The van der Waals surface area contributed by atoms with Gasteiger partial charge in [-0.2, -0.15) is 8.42 Å². The molecule has 3 aliphatic rings. The lowest BCUT2D eigenvalue weighted by Crippen LogP contribution is -2.39. The third-order valence-electron chi connectivity index (χ3n) is 6.31. The first-order valence-corrected chi connectivity index (χ1v) is 9.82. The van der Waals surface area contributed by atoms with Crippen LogP contribution in [0.2, 0.25) is 0 Å². The van der Waals surface area contributed by atoms with Crippen molar-refractivity contribution in [2.75, 3.05) is 0 Å². The summed E-state index contributed by atoms with van der Waals surface area (Å²) in [4.78, 5) is 0. The van der Waals surface area contributed by atoms with Gasteiger partial charge in [-0.3, -0.25) is 4.55 Å². The highest BCUT2D eigenvalue weighted by molar-refractivity contribution is 7.81. The van der Waals surface area contributed by atoms with Crippen LogP contribution < -0.4 is 4.18 Å². The molecule has 4 atom stereocenters. The van der Waals surface area contributed by atoms with E-state index in [9.17, 15) is 13.5 Å². The second-order valence-corrected chi connectivity index (χ2v) is 8.54. The topological polar surface area (TPSA) is 83.8 Å². The summed E-state index contributed by atoms with van der Waals surface area (Å²) in [6, 6.07) is 5.22. The van der Waals surface area contributed by atoms with Crippen molar-refractivity contribution in [3.8, 4) is 5.75 Å². The summed E-state index contributed by atoms with van der Waals surface area (Å²) >= 11 is 0. The lowest BCUT2D eigenvalue weighted by Gasteiger charge is -2.46. The van der Waals surface area contributed by atoms with Crippen molar-refractivity contribution in [3.05, 3.63) is 41.0 Å². The Morgan fingerprint density at radius 2 is 2.04 bits per heavy atom. The van der Waals surface area contributed by atoms with E-state index >= 15 is 0 Å². The average molecular weight is 350 g/mol. The van der Waals surface area contributed by atoms with Gasteiger partial charge in [0.15, 0.2) is 0 Å². The Bertz CT molecular complexity index is 813. The standard InChI is InChI=1S/C18H22O5S/c1-18-9-8-14-13-5-3-12(23-24(20,21)22)10-11(13)2-4-15(14)16(18)6-7-17(18)19/h3-5,10,14,16-17,19H,2,6-9H2,1H3,(H,20,21,22)/t14?,16?,17-,18?/m0/s1. The molecule has 3 aliphatic carbocycles. The lowest BCUT2D eigenvalue weighted by atomic mass is 9.59. The molecule has 1 aromatic carbocycles. The summed E-state index contributed by atoms with van der Waals surface area (Å²) in [5.41, 5.74) is 3.70. The fourth-order valence-electron chi connectivity index (χ4n) is 5.09. The Kier molecular flexibility index (Phi) is 3.57. The van der Waals surface area contributed by atoms with E-state index in [1.807, 2.05) is 6.07 Å². The van der Waals surface area contributed by atoms with Gasteiger partial charge >= 0.3 is 10.4 Å². The Morgan fingerprint density at radius 3 is 2.79 bits per heavy atom. The summed E-state index contributed by atoms with van der Waals surface area (Å²) in [7, 11) is -4.50. The van der Waals surface area contributed by atoms with E-state index in [1.54, 1.807) is 12.1 Å². The number of fused-ring (bicyclic) bond motifs is 5. The minimum absolute atomic E-state index is 0.00610. The van der Waals surface area contributed by atoms with Gasteiger partial charge < -0.3 is 9.29 Å². The molecule has 0 bridgehead atoms. The SMILES string of the molecule is CC12CCC3C(=CCc4cc(OS(=O)(=O)O)ccc43)C1CC[C@@H]2O. The molecule has 2 saturated carbocycles. The van der Waals surface area contributed by atoms with Gasteiger partial charge in [-0.05, 0) is 61.3 Å². The van der Waals surface area contributed by atoms with E-state index in [-0.39, 0.29) is 17.3 Å². The van der Waals surface area contributed by atoms with Crippen LogP contribution in [-0.4, -0.2) is 24.2 Å². The summed E-state index contributed by atoms with van der Waals surface area (Å²) in [6.45, 7) is 2.21. The van der Waals surface area contributed by atoms with Gasteiger partial charge in [-0.1, -0.05) is 24.6 Å². The third-order valence-corrected chi connectivity index (χ3v) is 6.71. The molecule has 0 radical (unpaired) electrons. The van der Waals surface area contributed by atoms with Crippen molar-refractivity contribution in [1.82, 2.24) is 0 Å². The fraction of sp³-hybridized carbons (Fsp3) is 0.556. The molecule has 0 amide bonds. The molecule has 0 spiro atoms. The Hall–Kier alpha value is -1.37. The maximum absolute atomic E-state index is 10.9. The highest BCUT2D eigenvalue weighted by Gasteiger charge is 2.51. The number of hydrogen-bond acceptors (Lipinski definition) is 4. The highest BCUT2D eigenvalue weighted by Crippen LogP contribution is 2.59. The van der Waals surface area contributed by atoms with Crippen LogP contribution in [0.4, 0.5) is 0 Å². The average Bonchev–Trinajstić information content (AvgIpc) is 2.81. The third kappa shape index (κ3) is 2.48. The van der Waals surface area contributed by atoms with Crippen LogP contribution in [0.1, 0.15) is 49.7 Å². The van der Waals surface area contributed by atoms with E-state index in [0.29, 0.717) is 11.8 Å². The first-order valence-electron chi connectivity index (χ1n) is 8.46. The number of aliphatic hydroxyl groups excluding tert-OH is 1. The number of rotatable bonds is 2. The van der Waals surface area contributed by atoms with Crippen molar-refractivity contribution in [3.63, 3.8) is 0 Å². The number of benzene rings is 1. The molecule has 5 nitrogen and oxygen atoms in total. The van der Waals surface area contributed by atoms with Crippen molar-refractivity contribution in [1.29, 1.82) is 0 Å². The summed E-state index contributed by atoms with van der Waals surface area (Å²) in [5, 5.41) is 10.4. The molecule has 0 saturated heterocycles. The van der Waals surface area contributed by atoms with E-state index in [1.165, 1.54) is 11.1 Å². The van der Waals surface area contributed by atoms with Gasteiger partial charge in [-0.15, -0.1) is 0 Å². The molecule has 3 unspecified atom stereocenters. The minimum Gasteiger partial charge on any atom is -0.393 e. The molecule has 4 rings (SSSR count). The predicted octanol–water partition coefficient (Wildman–Crippen LogP) is 3.01. The molecular formula is C18H22O5S. The van der Waals surface area contributed by atoms with Gasteiger partial charge in [-0.25, -0.2) is 0 Å². The summed E-state index contributed by atoms with van der Waals surface area (Å²) < 4.78 is 35.2. The molecule has 130 valence electrons. The first kappa shape index (κ1) is 16.1. The van der Waals surface area contributed by atoms with Crippen LogP contribution in [0, 0.1) is 11.3 Å². The van der Waals surface area contributed by atoms with Crippen molar-refractivity contribution in [2.45, 2.75) is 51.0 Å². The van der Waals surface area contributed by atoms with E-state index in [0.717, 1.165) is 37.7 Å². The zero-order valence-corrected chi connectivity index (χ0v) is 14.4. The Morgan fingerprint density at radius 1 is 1.25 bits per heavy atom. The predicted molar refractivity (Wildman–Crippen MR) is 89.2 cm³/mol. The van der Waals surface area contributed by atoms with Crippen LogP contribution >= 0.6 is 0 Å². The van der Waals surface area contributed by atoms with Gasteiger partial charge in [0, 0.05) is 11.3 Å². The second kappa shape index (κ2) is 5.31. The van der Waals surface area contributed by atoms with Crippen LogP contribution in [-0.2, 0) is 16.8 Å². The van der Waals surface area contributed by atoms with Crippen LogP contribution in [0.15, 0.2) is 29.8 Å². The summed E-state index contributed by atoms with van der Waals surface area (Å²) in [5.74, 6) is 0.926. The molecule has 0 aliphatic heterocycles. The zero-order valence-electron chi connectivity index (χ0n) is 13.6. The van der Waals surface area contributed by atoms with E-state index in [4.69, 9.17) is 4.55 Å². The van der Waals surface area contributed by atoms with Crippen LogP contribution in [0.5, 0.6) is 5.75 Å².